The summed E-state index contributed by atoms with van der Waals surface area (Å²) < 4.78 is 18.5. The molecule has 3 aromatic rings. The molecule has 1 aromatic carbocycles. The smallest absolute Gasteiger partial charge is 0.252 e. The Hall–Kier alpha value is -3.13. The number of hydrogen-bond donors (Lipinski definition) is 1. The lowest BCUT2D eigenvalue weighted by Crippen LogP contribution is -2.26. The molecule has 2 aromatic heterocycles. The average molecular weight is 453 g/mol. The molecule has 1 aliphatic carbocycles. The van der Waals surface area contributed by atoms with Crippen LogP contribution in [0.4, 0.5) is 0 Å². The molecule has 0 aliphatic heterocycles. The molecule has 1 fully saturated rings. The molecule has 33 heavy (non-hydrogen) atoms. The Kier molecular flexibility index (Phi) is 7.78. The Morgan fingerprint density at radius 1 is 1.12 bits per heavy atom. The highest BCUT2D eigenvalue weighted by molar-refractivity contribution is 5.96. The minimum Gasteiger partial charge on any atom is -0.497 e. The third-order valence-corrected chi connectivity index (χ3v) is 6.06. The number of amides is 1. The topological polar surface area (TPSA) is 87.5 Å². The molecule has 8 heteroatoms. The maximum Gasteiger partial charge on any atom is 0.252 e. The van der Waals surface area contributed by atoms with Gasteiger partial charge < -0.3 is 19.5 Å². The molecule has 1 N–H and O–H groups in total. The van der Waals surface area contributed by atoms with Crippen molar-refractivity contribution in [3.63, 3.8) is 0 Å². The van der Waals surface area contributed by atoms with Crippen molar-refractivity contribution < 1.29 is 19.0 Å². The number of rotatable bonds is 10. The summed E-state index contributed by atoms with van der Waals surface area (Å²) in [7, 11) is 3.25. The number of benzene rings is 1. The molecule has 4 rings (SSSR count). The van der Waals surface area contributed by atoms with Gasteiger partial charge in [0, 0.05) is 36.4 Å². The van der Waals surface area contributed by atoms with E-state index in [9.17, 15) is 4.79 Å². The first kappa shape index (κ1) is 23.0. The van der Waals surface area contributed by atoms with Gasteiger partial charge in [-0.05, 0) is 37.5 Å². The highest BCUT2D eigenvalue weighted by Crippen LogP contribution is 2.26. The van der Waals surface area contributed by atoms with Crippen molar-refractivity contribution >= 4 is 16.9 Å². The number of pyridine rings is 1. The van der Waals surface area contributed by atoms with Crippen LogP contribution in [0.25, 0.3) is 11.0 Å². The predicted octanol–water partition coefficient (Wildman–Crippen LogP) is 3.97. The predicted molar refractivity (Wildman–Crippen MR) is 126 cm³/mol. The maximum atomic E-state index is 12.5. The first-order valence-corrected chi connectivity index (χ1v) is 11.6. The van der Waals surface area contributed by atoms with E-state index in [1.54, 1.807) is 31.3 Å². The largest absolute Gasteiger partial charge is 0.497 e. The Morgan fingerprint density at radius 2 is 1.97 bits per heavy atom. The van der Waals surface area contributed by atoms with Crippen molar-refractivity contribution in [1.29, 1.82) is 0 Å². The van der Waals surface area contributed by atoms with Crippen LogP contribution in [-0.2, 0) is 11.3 Å². The van der Waals surface area contributed by atoms with Crippen LogP contribution in [0.3, 0.4) is 0 Å². The standard InChI is InChI=1S/C25H32N4O4/c1-31-22-10-9-18(23(14-22)32-2)17-29-24-19(16-28-29)13-20(15-27-24)25(30)26-11-6-12-33-21-7-4-3-5-8-21/h9-10,13-16,21H,3-8,11-12,17H2,1-2H3,(H,26,30). The van der Waals surface area contributed by atoms with Crippen molar-refractivity contribution in [3.8, 4) is 11.5 Å². The summed E-state index contributed by atoms with van der Waals surface area (Å²) in [5.74, 6) is 1.32. The number of fused-ring (bicyclic) bond motifs is 1. The van der Waals surface area contributed by atoms with Gasteiger partial charge in [-0.2, -0.15) is 5.10 Å². The lowest BCUT2D eigenvalue weighted by molar-refractivity contribution is 0.0273. The van der Waals surface area contributed by atoms with Gasteiger partial charge in [0.05, 0.1) is 38.6 Å². The second-order valence-corrected chi connectivity index (χ2v) is 8.36. The van der Waals surface area contributed by atoms with Crippen molar-refractivity contribution in [2.45, 2.75) is 51.2 Å². The van der Waals surface area contributed by atoms with Crippen LogP contribution in [0.15, 0.2) is 36.7 Å². The Bertz CT molecular complexity index is 1080. The highest BCUT2D eigenvalue weighted by atomic mass is 16.5. The molecule has 0 radical (unpaired) electrons. The molecule has 0 unspecified atom stereocenters. The molecule has 1 aliphatic rings. The van der Waals surface area contributed by atoms with Gasteiger partial charge in [-0.25, -0.2) is 9.67 Å². The van der Waals surface area contributed by atoms with Gasteiger partial charge in [0.15, 0.2) is 5.65 Å². The number of ether oxygens (including phenoxy) is 3. The lowest BCUT2D eigenvalue weighted by Gasteiger charge is -2.21. The molecular weight excluding hydrogens is 420 g/mol. The first-order chi connectivity index (χ1) is 16.2. The van der Waals surface area contributed by atoms with Crippen molar-refractivity contribution in [2.24, 2.45) is 0 Å². The van der Waals surface area contributed by atoms with E-state index in [2.05, 4.69) is 15.4 Å². The zero-order chi connectivity index (χ0) is 23.0. The van der Waals surface area contributed by atoms with Crippen LogP contribution in [0.1, 0.15) is 54.4 Å². The van der Waals surface area contributed by atoms with E-state index in [0.29, 0.717) is 37.0 Å². The molecule has 1 amide bonds. The monoisotopic (exact) mass is 452 g/mol. The fourth-order valence-electron chi connectivity index (χ4n) is 4.21. The second-order valence-electron chi connectivity index (χ2n) is 8.36. The Balaban J connectivity index is 1.33. The van der Waals surface area contributed by atoms with Gasteiger partial charge in [-0.1, -0.05) is 19.3 Å². The summed E-state index contributed by atoms with van der Waals surface area (Å²) in [6.45, 7) is 1.76. The molecular formula is C25H32N4O4. The van der Waals surface area contributed by atoms with E-state index in [4.69, 9.17) is 14.2 Å². The zero-order valence-electron chi connectivity index (χ0n) is 19.4. The normalized spacial score (nSPS) is 14.4. The minimum absolute atomic E-state index is 0.133. The Morgan fingerprint density at radius 3 is 2.76 bits per heavy atom. The van der Waals surface area contributed by atoms with E-state index in [1.165, 1.54) is 19.3 Å². The minimum atomic E-state index is -0.133. The first-order valence-electron chi connectivity index (χ1n) is 11.6. The van der Waals surface area contributed by atoms with Crippen LogP contribution in [0.5, 0.6) is 11.5 Å². The maximum absolute atomic E-state index is 12.5. The van der Waals surface area contributed by atoms with Gasteiger partial charge >= 0.3 is 0 Å². The molecule has 0 atom stereocenters. The number of methoxy groups -OCH3 is 2. The number of nitrogens with one attached hydrogen (secondary N) is 1. The molecule has 0 spiro atoms. The number of aromatic nitrogens is 3. The number of nitrogens with zero attached hydrogens (tertiary/aromatic N) is 3. The average Bonchev–Trinajstić information content (AvgIpc) is 3.26. The molecule has 2 heterocycles. The summed E-state index contributed by atoms with van der Waals surface area (Å²) in [6, 6.07) is 7.51. The molecule has 8 nitrogen and oxygen atoms in total. The quantitative estimate of drug-likeness (QED) is 0.469. The van der Waals surface area contributed by atoms with Crippen LogP contribution in [-0.4, -0.2) is 54.1 Å². The van der Waals surface area contributed by atoms with Crippen LogP contribution < -0.4 is 14.8 Å². The van der Waals surface area contributed by atoms with Crippen molar-refractivity contribution in [2.75, 3.05) is 27.4 Å². The highest BCUT2D eigenvalue weighted by Gasteiger charge is 2.14. The number of carbonyl (C=O) groups is 1. The summed E-state index contributed by atoms with van der Waals surface area (Å²) in [6.07, 6.45) is 10.7. The second kappa shape index (κ2) is 11.1. The zero-order valence-corrected chi connectivity index (χ0v) is 19.4. The van der Waals surface area contributed by atoms with Gasteiger partial charge in [-0.3, -0.25) is 4.79 Å². The molecule has 1 saturated carbocycles. The van der Waals surface area contributed by atoms with E-state index in [-0.39, 0.29) is 5.91 Å². The van der Waals surface area contributed by atoms with Gasteiger partial charge in [0.1, 0.15) is 11.5 Å². The van der Waals surface area contributed by atoms with E-state index in [0.717, 1.165) is 41.7 Å². The molecule has 176 valence electrons. The fourth-order valence-corrected chi connectivity index (χ4v) is 4.21. The van der Waals surface area contributed by atoms with Crippen LogP contribution in [0.2, 0.25) is 0 Å². The number of carbonyl (C=O) groups excluding carboxylic acids is 1. The molecule has 0 saturated heterocycles. The summed E-state index contributed by atoms with van der Waals surface area (Å²) in [4.78, 5) is 17.0. The third-order valence-electron chi connectivity index (χ3n) is 6.06. The van der Waals surface area contributed by atoms with Gasteiger partial charge in [0.25, 0.3) is 5.91 Å². The van der Waals surface area contributed by atoms with E-state index >= 15 is 0 Å². The summed E-state index contributed by atoms with van der Waals surface area (Å²) in [5, 5.41) is 8.23. The van der Waals surface area contributed by atoms with Crippen molar-refractivity contribution in [3.05, 3.63) is 47.8 Å². The van der Waals surface area contributed by atoms with Crippen LogP contribution >= 0.6 is 0 Å². The fraction of sp³-hybridized carbons (Fsp3) is 0.480. The van der Waals surface area contributed by atoms with Crippen LogP contribution in [0, 0.1) is 0 Å². The van der Waals surface area contributed by atoms with E-state index < -0.39 is 0 Å². The lowest BCUT2D eigenvalue weighted by atomic mass is 9.98. The Labute approximate surface area is 194 Å². The van der Waals surface area contributed by atoms with E-state index in [1.807, 2.05) is 24.3 Å². The number of hydrogen-bond acceptors (Lipinski definition) is 6. The summed E-state index contributed by atoms with van der Waals surface area (Å²) >= 11 is 0. The SMILES string of the molecule is COc1ccc(Cn2ncc3cc(C(=O)NCCCOC4CCCCC4)cnc32)c(OC)c1. The van der Waals surface area contributed by atoms with Gasteiger partial charge in [-0.15, -0.1) is 0 Å². The van der Waals surface area contributed by atoms with Crippen molar-refractivity contribution in [1.82, 2.24) is 20.1 Å². The molecule has 0 bridgehead atoms. The summed E-state index contributed by atoms with van der Waals surface area (Å²) in [5.41, 5.74) is 2.20. The van der Waals surface area contributed by atoms with Gasteiger partial charge in [0.2, 0.25) is 0 Å². The third kappa shape index (κ3) is 5.82.